The Kier molecular flexibility index (Phi) is 7.03. The summed E-state index contributed by atoms with van der Waals surface area (Å²) in [5.41, 5.74) is 1.47. The normalized spacial score (nSPS) is 20.7. The summed E-state index contributed by atoms with van der Waals surface area (Å²) >= 11 is 0. The Morgan fingerprint density at radius 3 is 2.31 bits per heavy atom. The van der Waals surface area contributed by atoms with Crippen molar-refractivity contribution in [3.63, 3.8) is 0 Å². The highest BCUT2D eigenvalue weighted by atomic mass is 16.2. The first kappa shape index (κ1) is 20.2. The lowest BCUT2D eigenvalue weighted by atomic mass is 9.93. The predicted octanol–water partition coefficient (Wildman–Crippen LogP) is 3.48. The topological polar surface area (TPSA) is 64.7 Å². The van der Waals surface area contributed by atoms with Crippen molar-refractivity contribution in [3.8, 4) is 0 Å². The Labute approximate surface area is 156 Å². The van der Waals surface area contributed by atoms with Gasteiger partial charge in [-0.2, -0.15) is 0 Å². The highest BCUT2D eigenvalue weighted by Gasteiger charge is 2.29. The molecule has 0 saturated carbocycles. The van der Waals surface area contributed by atoms with Crippen molar-refractivity contribution in [2.24, 2.45) is 11.8 Å². The van der Waals surface area contributed by atoms with Gasteiger partial charge >= 0.3 is 6.03 Å². The van der Waals surface area contributed by atoms with E-state index in [1.165, 1.54) is 0 Å². The number of carbonyl (C=O) groups excluding carboxylic acids is 2. The summed E-state index contributed by atoms with van der Waals surface area (Å²) in [6.45, 7) is 8.24. The predicted molar refractivity (Wildman–Crippen MR) is 106 cm³/mol. The Balaban J connectivity index is 1.89. The number of urea groups is 1. The van der Waals surface area contributed by atoms with Gasteiger partial charge in [0.05, 0.1) is 0 Å². The van der Waals surface area contributed by atoms with Crippen LogP contribution in [0.3, 0.4) is 0 Å². The number of hydrogen-bond donors (Lipinski definition) is 2. The molecular weight excluding hydrogens is 328 g/mol. The number of anilines is 2. The molecule has 1 aliphatic heterocycles. The molecule has 2 rings (SSSR count). The molecule has 2 atom stereocenters. The maximum Gasteiger partial charge on any atom is 0.321 e. The number of likely N-dealkylation sites (tertiary alicyclic amines) is 1. The summed E-state index contributed by atoms with van der Waals surface area (Å²) in [5, 5.41) is 5.82. The highest BCUT2D eigenvalue weighted by Crippen LogP contribution is 2.21. The van der Waals surface area contributed by atoms with E-state index in [1.807, 2.05) is 50.1 Å². The van der Waals surface area contributed by atoms with Crippen LogP contribution in [0.25, 0.3) is 0 Å². The van der Waals surface area contributed by atoms with E-state index in [1.54, 1.807) is 0 Å². The minimum Gasteiger partial charge on any atom is -0.326 e. The van der Waals surface area contributed by atoms with Gasteiger partial charge in [-0.25, -0.2) is 4.79 Å². The fourth-order valence-electron chi connectivity index (χ4n) is 3.50. The molecular formula is C20H32N4O2. The Bertz CT molecular complexity index is 615. The highest BCUT2D eigenvalue weighted by molar-refractivity contribution is 5.92. The molecule has 0 aliphatic carbocycles. The number of benzene rings is 1. The third kappa shape index (κ3) is 5.73. The molecule has 0 bridgehead atoms. The van der Waals surface area contributed by atoms with Crippen molar-refractivity contribution in [1.29, 1.82) is 0 Å². The lowest BCUT2D eigenvalue weighted by molar-refractivity contribution is -0.116. The van der Waals surface area contributed by atoms with Gasteiger partial charge in [-0.3, -0.25) is 4.79 Å². The van der Waals surface area contributed by atoms with Gasteiger partial charge in [0, 0.05) is 37.4 Å². The van der Waals surface area contributed by atoms with Gasteiger partial charge in [-0.1, -0.05) is 20.8 Å². The zero-order valence-electron chi connectivity index (χ0n) is 16.6. The second-order valence-electron chi connectivity index (χ2n) is 7.86. The third-order valence-corrected chi connectivity index (χ3v) is 4.89. The number of carbonyl (C=O) groups is 2. The standard InChI is InChI=1S/C20H32N4O2/c1-14(2)12-19(25)21-16-6-8-17(9-7-16)22-20(26)24(5)18-10-11-23(4)13-15(18)3/h6-9,14-15,18H,10-13H2,1-5H3,(H,21,25)(H,22,26)/t15-,18+/m0/s1. The van der Waals surface area contributed by atoms with Gasteiger partial charge in [0.2, 0.25) is 5.91 Å². The molecule has 0 unspecified atom stereocenters. The Morgan fingerprint density at radius 1 is 1.19 bits per heavy atom. The molecule has 1 fully saturated rings. The summed E-state index contributed by atoms with van der Waals surface area (Å²) in [5.74, 6) is 0.780. The van der Waals surface area contributed by atoms with Crippen molar-refractivity contribution in [2.75, 3.05) is 37.8 Å². The van der Waals surface area contributed by atoms with Crippen molar-refractivity contribution in [3.05, 3.63) is 24.3 Å². The molecule has 1 aromatic rings. The number of rotatable bonds is 5. The minimum absolute atomic E-state index is 0.00720. The summed E-state index contributed by atoms with van der Waals surface area (Å²) in [4.78, 5) is 28.5. The van der Waals surface area contributed by atoms with Crippen molar-refractivity contribution in [1.82, 2.24) is 9.80 Å². The van der Waals surface area contributed by atoms with E-state index in [-0.39, 0.29) is 18.0 Å². The van der Waals surface area contributed by atoms with Crippen LogP contribution < -0.4 is 10.6 Å². The van der Waals surface area contributed by atoms with Crippen molar-refractivity contribution in [2.45, 2.75) is 39.7 Å². The van der Waals surface area contributed by atoms with Gasteiger partial charge in [-0.15, -0.1) is 0 Å². The molecule has 0 spiro atoms. The summed E-state index contributed by atoms with van der Waals surface area (Å²) in [6.07, 6.45) is 1.49. The fraction of sp³-hybridized carbons (Fsp3) is 0.600. The quantitative estimate of drug-likeness (QED) is 0.845. The van der Waals surface area contributed by atoms with Crippen LogP contribution in [0.4, 0.5) is 16.2 Å². The van der Waals surface area contributed by atoms with E-state index in [0.29, 0.717) is 18.3 Å². The van der Waals surface area contributed by atoms with E-state index >= 15 is 0 Å². The molecule has 2 N–H and O–H groups in total. The minimum atomic E-state index is -0.0944. The third-order valence-electron chi connectivity index (χ3n) is 4.89. The van der Waals surface area contributed by atoms with E-state index in [4.69, 9.17) is 0 Å². The molecule has 0 radical (unpaired) electrons. The zero-order chi connectivity index (χ0) is 19.3. The van der Waals surface area contributed by atoms with Gasteiger partial charge in [0.25, 0.3) is 0 Å². The molecule has 1 saturated heterocycles. The lowest BCUT2D eigenvalue weighted by Crippen LogP contribution is -2.50. The number of piperidine rings is 1. The van der Waals surface area contributed by atoms with Gasteiger partial charge < -0.3 is 20.4 Å². The molecule has 144 valence electrons. The monoisotopic (exact) mass is 360 g/mol. The molecule has 26 heavy (non-hydrogen) atoms. The van der Waals surface area contributed by atoms with Crippen molar-refractivity contribution >= 4 is 23.3 Å². The first-order valence-electron chi connectivity index (χ1n) is 9.38. The van der Waals surface area contributed by atoms with E-state index in [2.05, 4.69) is 29.5 Å². The summed E-state index contributed by atoms with van der Waals surface area (Å²) in [6, 6.07) is 7.41. The van der Waals surface area contributed by atoms with E-state index in [0.717, 1.165) is 30.9 Å². The molecule has 3 amide bonds. The second-order valence-corrected chi connectivity index (χ2v) is 7.86. The molecule has 6 nitrogen and oxygen atoms in total. The van der Waals surface area contributed by atoms with E-state index < -0.39 is 0 Å². The first-order chi connectivity index (χ1) is 12.3. The number of hydrogen-bond acceptors (Lipinski definition) is 3. The second kappa shape index (κ2) is 9.03. The van der Waals surface area contributed by atoms with Crippen LogP contribution in [-0.2, 0) is 4.79 Å². The van der Waals surface area contributed by atoms with Crippen LogP contribution in [0.2, 0.25) is 0 Å². The summed E-state index contributed by atoms with van der Waals surface area (Å²) in [7, 11) is 3.98. The Morgan fingerprint density at radius 2 is 1.77 bits per heavy atom. The van der Waals surface area contributed by atoms with Crippen LogP contribution in [0.15, 0.2) is 24.3 Å². The molecule has 6 heteroatoms. The van der Waals surface area contributed by atoms with Crippen LogP contribution in [0, 0.1) is 11.8 Å². The Hall–Kier alpha value is -2.08. The first-order valence-corrected chi connectivity index (χ1v) is 9.38. The number of nitrogens with zero attached hydrogens (tertiary/aromatic N) is 2. The van der Waals surface area contributed by atoms with Gasteiger partial charge in [-0.05, 0) is 56.1 Å². The maximum atomic E-state index is 12.6. The molecule has 0 aromatic heterocycles. The van der Waals surface area contributed by atoms with E-state index in [9.17, 15) is 9.59 Å². The molecule has 1 heterocycles. The average Bonchev–Trinajstić information content (AvgIpc) is 2.55. The molecule has 1 aromatic carbocycles. The van der Waals surface area contributed by atoms with Crippen molar-refractivity contribution < 1.29 is 9.59 Å². The van der Waals surface area contributed by atoms with Gasteiger partial charge in [0.1, 0.15) is 0 Å². The molecule has 1 aliphatic rings. The summed E-state index contributed by atoms with van der Waals surface area (Å²) < 4.78 is 0. The number of nitrogens with one attached hydrogen (secondary N) is 2. The zero-order valence-corrected chi connectivity index (χ0v) is 16.6. The van der Waals surface area contributed by atoms with Gasteiger partial charge in [0.15, 0.2) is 0 Å². The van der Waals surface area contributed by atoms with Crippen LogP contribution in [0.1, 0.15) is 33.6 Å². The van der Waals surface area contributed by atoms with Crippen LogP contribution in [0.5, 0.6) is 0 Å². The van der Waals surface area contributed by atoms with Crippen LogP contribution in [-0.4, -0.2) is 55.0 Å². The fourth-order valence-corrected chi connectivity index (χ4v) is 3.50. The maximum absolute atomic E-state index is 12.6. The number of amides is 3. The SMILES string of the molecule is CC(C)CC(=O)Nc1ccc(NC(=O)N(C)[C@@H]2CCN(C)C[C@@H]2C)cc1. The lowest BCUT2D eigenvalue weighted by Gasteiger charge is -2.39. The van der Waals surface area contributed by atoms with Crippen LogP contribution >= 0.6 is 0 Å². The smallest absolute Gasteiger partial charge is 0.321 e. The average molecular weight is 361 g/mol. The largest absolute Gasteiger partial charge is 0.326 e.